The van der Waals surface area contributed by atoms with Crippen molar-refractivity contribution in [2.24, 2.45) is 0 Å². The zero-order chi connectivity index (χ0) is 16.4. The van der Waals surface area contributed by atoms with Gasteiger partial charge in [-0.25, -0.2) is 9.50 Å². The van der Waals surface area contributed by atoms with Gasteiger partial charge < -0.3 is 5.32 Å². The standard InChI is InChI=1S/C17H17ClN4O/c1-11(9-13-5-3-6-14(18)10-13)20-17(23)15-12(2)21-22-8-4-7-19-16(15)22/h3-8,10-11H,9H2,1-2H3,(H,20,23)/t11-/m0/s1. The molecular formula is C17H17ClN4O. The molecule has 0 saturated carbocycles. The lowest BCUT2D eigenvalue weighted by atomic mass is 10.1. The van der Waals surface area contributed by atoms with Gasteiger partial charge in [0.05, 0.1) is 5.69 Å². The highest BCUT2D eigenvalue weighted by Crippen LogP contribution is 2.15. The largest absolute Gasteiger partial charge is 0.349 e. The van der Waals surface area contributed by atoms with Crippen LogP contribution >= 0.6 is 11.6 Å². The summed E-state index contributed by atoms with van der Waals surface area (Å²) in [6.45, 7) is 3.78. The fourth-order valence-electron chi connectivity index (χ4n) is 2.63. The minimum atomic E-state index is -0.161. The van der Waals surface area contributed by atoms with Crippen molar-refractivity contribution in [2.75, 3.05) is 0 Å². The van der Waals surface area contributed by atoms with Gasteiger partial charge in [-0.1, -0.05) is 23.7 Å². The number of benzene rings is 1. The van der Waals surface area contributed by atoms with E-state index in [1.807, 2.05) is 38.1 Å². The number of aromatic nitrogens is 3. The zero-order valence-electron chi connectivity index (χ0n) is 13.0. The third kappa shape index (κ3) is 3.35. The molecule has 2 heterocycles. The molecule has 0 aliphatic rings. The molecule has 6 heteroatoms. The summed E-state index contributed by atoms with van der Waals surface area (Å²) in [6, 6.07) is 9.40. The highest BCUT2D eigenvalue weighted by atomic mass is 35.5. The van der Waals surface area contributed by atoms with Gasteiger partial charge in [-0.3, -0.25) is 4.79 Å². The molecule has 2 aromatic heterocycles. The van der Waals surface area contributed by atoms with Gasteiger partial charge in [0.2, 0.25) is 0 Å². The lowest BCUT2D eigenvalue weighted by Gasteiger charge is -2.14. The zero-order valence-corrected chi connectivity index (χ0v) is 13.7. The Morgan fingerprint density at radius 1 is 1.39 bits per heavy atom. The molecule has 0 bridgehead atoms. The summed E-state index contributed by atoms with van der Waals surface area (Å²) in [6.07, 6.45) is 4.14. The van der Waals surface area contributed by atoms with Crippen molar-refractivity contribution in [1.82, 2.24) is 19.9 Å². The molecule has 3 rings (SSSR count). The Hall–Kier alpha value is -2.40. The summed E-state index contributed by atoms with van der Waals surface area (Å²) < 4.78 is 1.62. The van der Waals surface area contributed by atoms with Crippen LogP contribution < -0.4 is 5.32 Å². The number of nitrogens with zero attached hydrogens (tertiary/aromatic N) is 3. The van der Waals surface area contributed by atoms with Crippen LogP contribution in [0.1, 0.15) is 28.5 Å². The van der Waals surface area contributed by atoms with Gasteiger partial charge >= 0.3 is 0 Å². The minimum Gasteiger partial charge on any atom is -0.349 e. The van der Waals surface area contributed by atoms with E-state index in [0.717, 1.165) is 5.56 Å². The monoisotopic (exact) mass is 328 g/mol. The Kier molecular flexibility index (Phi) is 4.30. The van der Waals surface area contributed by atoms with Gasteiger partial charge in [0.15, 0.2) is 5.65 Å². The molecule has 0 unspecified atom stereocenters. The van der Waals surface area contributed by atoms with Crippen molar-refractivity contribution >= 4 is 23.2 Å². The molecule has 5 nitrogen and oxygen atoms in total. The van der Waals surface area contributed by atoms with Crippen LogP contribution in [0.25, 0.3) is 5.65 Å². The molecule has 0 fully saturated rings. The first kappa shape index (κ1) is 15.5. The van der Waals surface area contributed by atoms with Crippen molar-refractivity contribution in [3.05, 3.63) is 64.6 Å². The predicted octanol–water partition coefficient (Wildman–Crippen LogP) is 3.05. The molecule has 0 saturated heterocycles. The fourth-order valence-corrected chi connectivity index (χ4v) is 2.84. The molecule has 0 aliphatic carbocycles. The van der Waals surface area contributed by atoms with Gasteiger partial charge in [0.1, 0.15) is 5.56 Å². The molecule has 0 radical (unpaired) electrons. The van der Waals surface area contributed by atoms with E-state index in [1.54, 1.807) is 23.0 Å². The van der Waals surface area contributed by atoms with Crippen molar-refractivity contribution in [3.63, 3.8) is 0 Å². The quantitative estimate of drug-likeness (QED) is 0.800. The van der Waals surface area contributed by atoms with Crippen molar-refractivity contribution in [1.29, 1.82) is 0 Å². The number of halogens is 1. The van der Waals surface area contributed by atoms with E-state index in [1.165, 1.54) is 0 Å². The molecule has 23 heavy (non-hydrogen) atoms. The molecule has 1 atom stereocenters. The minimum absolute atomic E-state index is 0.0287. The highest BCUT2D eigenvalue weighted by Gasteiger charge is 2.19. The van der Waals surface area contributed by atoms with Crippen LogP contribution in [0.3, 0.4) is 0 Å². The Bertz CT molecular complexity index is 859. The summed E-state index contributed by atoms with van der Waals surface area (Å²) in [5, 5.41) is 8.02. The second kappa shape index (κ2) is 6.38. The number of amides is 1. The van der Waals surface area contributed by atoms with E-state index in [0.29, 0.717) is 28.3 Å². The third-order valence-electron chi connectivity index (χ3n) is 3.61. The molecule has 1 N–H and O–H groups in total. The molecule has 1 amide bonds. The number of carbonyl (C=O) groups is 1. The van der Waals surface area contributed by atoms with Gasteiger partial charge in [0.25, 0.3) is 5.91 Å². The van der Waals surface area contributed by atoms with Crippen LogP contribution in [0.15, 0.2) is 42.7 Å². The summed E-state index contributed by atoms with van der Waals surface area (Å²) in [7, 11) is 0. The number of fused-ring (bicyclic) bond motifs is 1. The first-order chi connectivity index (χ1) is 11.0. The van der Waals surface area contributed by atoms with Crippen molar-refractivity contribution in [2.45, 2.75) is 26.3 Å². The van der Waals surface area contributed by atoms with Crippen molar-refractivity contribution in [3.8, 4) is 0 Å². The number of hydrogen-bond donors (Lipinski definition) is 1. The number of rotatable bonds is 4. The lowest BCUT2D eigenvalue weighted by Crippen LogP contribution is -2.34. The molecule has 3 aromatic rings. The van der Waals surface area contributed by atoms with E-state index < -0.39 is 0 Å². The van der Waals surface area contributed by atoms with E-state index >= 15 is 0 Å². The highest BCUT2D eigenvalue weighted by molar-refractivity contribution is 6.30. The Morgan fingerprint density at radius 3 is 3.00 bits per heavy atom. The topological polar surface area (TPSA) is 59.3 Å². The fraction of sp³-hybridized carbons (Fsp3) is 0.235. The van der Waals surface area contributed by atoms with Gasteiger partial charge in [0, 0.05) is 23.5 Å². The van der Waals surface area contributed by atoms with Crippen LogP contribution in [0, 0.1) is 6.92 Å². The normalized spacial score (nSPS) is 12.3. The Labute approximate surface area is 139 Å². The van der Waals surface area contributed by atoms with Crippen molar-refractivity contribution < 1.29 is 4.79 Å². The van der Waals surface area contributed by atoms with Crippen LogP contribution in [-0.2, 0) is 6.42 Å². The average Bonchev–Trinajstić information content (AvgIpc) is 2.82. The molecular weight excluding hydrogens is 312 g/mol. The summed E-state index contributed by atoms with van der Waals surface area (Å²) in [5.74, 6) is -0.161. The predicted molar refractivity (Wildman–Crippen MR) is 89.8 cm³/mol. The summed E-state index contributed by atoms with van der Waals surface area (Å²) in [4.78, 5) is 16.8. The SMILES string of the molecule is Cc1nn2cccnc2c1C(=O)N[C@@H](C)Cc1cccc(Cl)c1. The number of hydrogen-bond acceptors (Lipinski definition) is 3. The molecule has 1 aromatic carbocycles. The van der Waals surface area contributed by atoms with Crippen LogP contribution in [-0.4, -0.2) is 26.5 Å². The van der Waals surface area contributed by atoms with Crippen LogP contribution in [0.5, 0.6) is 0 Å². The average molecular weight is 329 g/mol. The van der Waals surface area contributed by atoms with E-state index in [9.17, 15) is 4.79 Å². The Balaban J connectivity index is 1.76. The van der Waals surface area contributed by atoms with E-state index in [2.05, 4.69) is 15.4 Å². The Morgan fingerprint density at radius 2 is 2.22 bits per heavy atom. The number of nitrogens with one attached hydrogen (secondary N) is 1. The van der Waals surface area contributed by atoms with Gasteiger partial charge in [-0.2, -0.15) is 5.10 Å². The second-order valence-electron chi connectivity index (χ2n) is 5.56. The first-order valence-corrected chi connectivity index (χ1v) is 7.77. The first-order valence-electron chi connectivity index (χ1n) is 7.40. The molecule has 0 spiro atoms. The lowest BCUT2D eigenvalue weighted by molar-refractivity contribution is 0.0941. The smallest absolute Gasteiger partial charge is 0.257 e. The maximum atomic E-state index is 12.6. The summed E-state index contributed by atoms with van der Waals surface area (Å²) >= 11 is 5.99. The third-order valence-corrected chi connectivity index (χ3v) is 3.84. The van der Waals surface area contributed by atoms with Crippen LogP contribution in [0.4, 0.5) is 0 Å². The summed E-state index contributed by atoms with van der Waals surface area (Å²) in [5.41, 5.74) is 2.83. The number of carbonyl (C=O) groups excluding carboxylic acids is 1. The molecule has 0 aliphatic heterocycles. The maximum Gasteiger partial charge on any atom is 0.257 e. The second-order valence-corrected chi connectivity index (χ2v) is 5.99. The maximum absolute atomic E-state index is 12.6. The van der Waals surface area contributed by atoms with Gasteiger partial charge in [-0.15, -0.1) is 0 Å². The van der Waals surface area contributed by atoms with E-state index in [-0.39, 0.29) is 11.9 Å². The number of aryl methyl sites for hydroxylation is 1. The molecule has 118 valence electrons. The van der Waals surface area contributed by atoms with Crippen LogP contribution in [0.2, 0.25) is 5.02 Å². The van der Waals surface area contributed by atoms with E-state index in [4.69, 9.17) is 11.6 Å². The van der Waals surface area contributed by atoms with Gasteiger partial charge in [-0.05, 0) is 44.0 Å².